The predicted octanol–water partition coefficient (Wildman–Crippen LogP) is -0.165. The number of nitrogens with one attached hydrogen (secondary N) is 4. The number of carbonyl (C=O) groups is 5. The fourth-order valence-corrected chi connectivity index (χ4v) is 7.32. The van der Waals surface area contributed by atoms with E-state index in [1.807, 2.05) is 30.9 Å². The number of rotatable bonds is 7. The van der Waals surface area contributed by atoms with Gasteiger partial charge >= 0.3 is 0 Å². The molecular weight excluding hydrogens is 612 g/mol. The van der Waals surface area contributed by atoms with Gasteiger partial charge in [-0.1, -0.05) is 32.4 Å². The molecule has 46 heavy (non-hydrogen) atoms. The molecule has 5 amide bonds. The highest BCUT2D eigenvalue weighted by atomic mass is 32.2. The van der Waals surface area contributed by atoms with Gasteiger partial charge in [0, 0.05) is 31.3 Å². The second kappa shape index (κ2) is 17.0. The van der Waals surface area contributed by atoms with E-state index in [0.29, 0.717) is 38.3 Å². The average Bonchev–Trinajstić information content (AvgIpc) is 3.42. The first-order valence-electron chi connectivity index (χ1n) is 16.3. The van der Waals surface area contributed by atoms with Gasteiger partial charge in [-0.3, -0.25) is 28.9 Å². The number of aliphatic hydroxyl groups excluding tert-OH is 1. The number of ether oxygens (including phenoxy) is 1. The van der Waals surface area contributed by atoms with E-state index >= 15 is 0 Å². The van der Waals surface area contributed by atoms with Gasteiger partial charge in [0.05, 0.1) is 31.2 Å². The first kappa shape index (κ1) is 35.5. The van der Waals surface area contributed by atoms with Gasteiger partial charge in [0.25, 0.3) is 0 Å². The van der Waals surface area contributed by atoms with Crippen molar-refractivity contribution < 1.29 is 33.8 Å². The average molecular weight is 661 g/mol. The van der Waals surface area contributed by atoms with Crippen LogP contribution in [-0.4, -0.2) is 107 Å². The normalized spacial score (nSPS) is 28.5. The molecule has 4 heterocycles. The summed E-state index contributed by atoms with van der Waals surface area (Å²) >= 11 is 1.75. The third-order valence-electron chi connectivity index (χ3n) is 8.90. The summed E-state index contributed by atoms with van der Waals surface area (Å²) < 4.78 is 5.74. The molecule has 1 aromatic carbocycles. The number of amides is 5. The third-order valence-corrected chi connectivity index (χ3v) is 10.2. The first-order chi connectivity index (χ1) is 22.0. The first-order valence-corrected chi connectivity index (χ1v) is 17.3. The van der Waals surface area contributed by atoms with Crippen LogP contribution in [0.5, 0.6) is 5.75 Å². The van der Waals surface area contributed by atoms with E-state index in [1.54, 1.807) is 23.9 Å². The number of likely N-dealkylation sites (tertiary alicyclic amines) is 1. The quantitative estimate of drug-likeness (QED) is 0.231. The van der Waals surface area contributed by atoms with Crippen molar-refractivity contribution in [1.82, 2.24) is 26.2 Å². The Morgan fingerprint density at radius 1 is 1.09 bits per heavy atom. The molecule has 5 rings (SSSR count). The molecular formula is C32H48N6O7S. The number of hydrogen-bond acceptors (Lipinski definition) is 9. The van der Waals surface area contributed by atoms with E-state index in [1.165, 1.54) is 0 Å². The molecule has 4 aliphatic heterocycles. The Kier molecular flexibility index (Phi) is 13.1. The van der Waals surface area contributed by atoms with Gasteiger partial charge in [0.2, 0.25) is 29.5 Å². The van der Waals surface area contributed by atoms with Crippen LogP contribution in [0.15, 0.2) is 24.3 Å². The molecule has 14 heteroatoms. The highest BCUT2D eigenvalue weighted by Gasteiger charge is 2.41. The molecule has 2 fully saturated rings. The summed E-state index contributed by atoms with van der Waals surface area (Å²) in [5.74, 6) is -0.865. The highest BCUT2D eigenvalue weighted by molar-refractivity contribution is 7.99. The minimum absolute atomic E-state index is 0.0626. The van der Waals surface area contributed by atoms with Crippen LogP contribution < -0.4 is 31.7 Å². The zero-order chi connectivity index (χ0) is 33.2. The van der Waals surface area contributed by atoms with Crippen LogP contribution in [0, 0.1) is 5.92 Å². The van der Waals surface area contributed by atoms with E-state index in [2.05, 4.69) is 21.3 Å². The van der Waals surface area contributed by atoms with Crippen molar-refractivity contribution in [1.29, 1.82) is 0 Å². The molecule has 0 spiro atoms. The fourth-order valence-electron chi connectivity index (χ4n) is 6.06. The Morgan fingerprint density at radius 3 is 2.57 bits per heavy atom. The molecule has 1 aromatic rings. The summed E-state index contributed by atoms with van der Waals surface area (Å²) in [4.78, 5) is 66.5. The van der Waals surface area contributed by atoms with Gasteiger partial charge in [-0.25, -0.2) is 0 Å². The number of aliphatic hydroxyl groups is 1. The lowest BCUT2D eigenvalue weighted by atomic mass is 9.97. The van der Waals surface area contributed by atoms with Gasteiger partial charge < -0.3 is 36.8 Å². The van der Waals surface area contributed by atoms with Crippen LogP contribution in [-0.2, 0) is 30.4 Å². The summed E-state index contributed by atoms with van der Waals surface area (Å²) in [6, 6.07) is 4.04. The number of thioether (sulfide) groups is 1. The minimum Gasteiger partial charge on any atom is -0.494 e. The molecule has 7 atom stereocenters. The van der Waals surface area contributed by atoms with Crippen LogP contribution >= 0.6 is 11.8 Å². The highest BCUT2D eigenvalue weighted by Crippen LogP contribution is 2.29. The molecule has 0 saturated carbocycles. The molecule has 4 bridgehead atoms. The number of nitrogens with two attached hydrogens (primary N) is 1. The summed E-state index contributed by atoms with van der Waals surface area (Å²) in [5.41, 5.74) is 6.23. The van der Waals surface area contributed by atoms with Crippen molar-refractivity contribution in [2.75, 3.05) is 32.0 Å². The van der Waals surface area contributed by atoms with Crippen molar-refractivity contribution in [2.45, 2.75) is 94.3 Å². The maximum atomic E-state index is 13.7. The number of β-amino-alcohol motifs (C(OH)–C–C–N with tert-alkyl or cyclic N) is 1. The lowest BCUT2D eigenvalue weighted by Gasteiger charge is -2.32. The Hall–Kier alpha value is -3.36. The summed E-state index contributed by atoms with van der Waals surface area (Å²) in [6.45, 7) is 5.39. The molecule has 0 aromatic heterocycles. The standard InChI is InChI=1S/C32H48N6O7S/c1-3-19(2)29-32(44)34-11-5-13-46-22-15-25(31(43)37-29)38(17-22)18-26(39)23-14-20-7-9-21(10-8-20)45-12-4-6-28(41)35-24(16-27(33)40)30(42)36-23/h7-10,19,22-26,29,39H,3-6,11-18H2,1-2H3,(H2,33,40)(H,34,44)(H,35,41)(H,36,42)(H,37,43). The maximum Gasteiger partial charge on any atom is 0.243 e. The van der Waals surface area contributed by atoms with Crippen LogP contribution in [0.1, 0.15) is 57.9 Å². The number of carbonyl (C=O) groups excluding carboxylic acids is 5. The lowest BCUT2D eigenvalue weighted by molar-refractivity contribution is -0.133. The monoisotopic (exact) mass is 660 g/mol. The van der Waals surface area contributed by atoms with E-state index in [9.17, 15) is 29.1 Å². The molecule has 254 valence electrons. The van der Waals surface area contributed by atoms with Gasteiger partial charge in [0.15, 0.2) is 0 Å². The summed E-state index contributed by atoms with van der Waals surface area (Å²) in [7, 11) is 0. The zero-order valence-corrected chi connectivity index (χ0v) is 27.5. The molecule has 7 unspecified atom stereocenters. The SMILES string of the molecule is CCC(C)C1NC(=O)C2CC(CN2CC(O)C2Cc3ccc(cc3)OCCCC(=O)NC(CC(N)=O)C(=O)N2)SCCCNC1=O. The van der Waals surface area contributed by atoms with Crippen LogP contribution in [0.3, 0.4) is 0 Å². The Balaban J connectivity index is 1.57. The summed E-state index contributed by atoms with van der Waals surface area (Å²) in [6.07, 6.45) is 1.31. The van der Waals surface area contributed by atoms with Gasteiger partial charge in [-0.05, 0) is 55.1 Å². The lowest BCUT2D eigenvalue weighted by Crippen LogP contribution is -2.58. The van der Waals surface area contributed by atoms with Gasteiger partial charge in [0.1, 0.15) is 17.8 Å². The minimum atomic E-state index is -1.21. The largest absolute Gasteiger partial charge is 0.494 e. The second-order valence-corrected chi connectivity index (χ2v) is 13.9. The topological polar surface area (TPSA) is 192 Å². The van der Waals surface area contributed by atoms with Crippen molar-refractivity contribution in [3.05, 3.63) is 29.8 Å². The molecule has 13 nitrogen and oxygen atoms in total. The van der Waals surface area contributed by atoms with E-state index in [-0.39, 0.29) is 42.4 Å². The predicted molar refractivity (Wildman–Crippen MR) is 174 cm³/mol. The van der Waals surface area contributed by atoms with Crippen LogP contribution in [0.25, 0.3) is 0 Å². The van der Waals surface area contributed by atoms with Gasteiger partial charge in [-0.15, -0.1) is 0 Å². The van der Waals surface area contributed by atoms with Crippen molar-refractivity contribution in [3.8, 4) is 5.75 Å². The Bertz CT molecular complexity index is 1230. The summed E-state index contributed by atoms with van der Waals surface area (Å²) in [5, 5.41) is 23.3. The van der Waals surface area contributed by atoms with Crippen molar-refractivity contribution in [3.63, 3.8) is 0 Å². The molecule has 0 aliphatic carbocycles. The maximum absolute atomic E-state index is 13.7. The zero-order valence-electron chi connectivity index (χ0n) is 26.7. The van der Waals surface area contributed by atoms with Crippen LogP contribution in [0.2, 0.25) is 0 Å². The number of fused-ring (bicyclic) bond motifs is 14. The molecule has 2 saturated heterocycles. The van der Waals surface area contributed by atoms with Crippen LogP contribution in [0.4, 0.5) is 0 Å². The molecule has 7 N–H and O–H groups in total. The Labute approximate surface area is 274 Å². The van der Waals surface area contributed by atoms with Gasteiger partial charge in [-0.2, -0.15) is 11.8 Å². The Morgan fingerprint density at radius 2 is 1.85 bits per heavy atom. The van der Waals surface area contributed by atoms with E-state index in [4.69, 9.17) is 10.5 Å². The number of hydrogen-bond donors (Lipinski definition) is 6. The van der Waals surface area contributed by atoms with Crippen molar-refractivity contribution in [2.24, 2.45) is 11.7 Å². The number of benzene rings is 1. The molecule has 0 radical (unpaired) electrons. The smallest absolute Gasteiger partial charge is 0.243 e. The number of primary amides is 1. The van der Waals surface area contributed by atoms with Crippen molar-refractivity contribution >= 4 is 41.3 Å². The van der Waals surface area contributed by atoms with E-state index < -0.39 is 54.4 Å². The molecule has 4 aliphatic rings. The fraction of sp³-hybridized carbons (Fsp3) is 0.656. The third kappa shape index (κ3) is 10.1. The second-order valence-electron chi connectivity index (χ2n) is 12.5. The number of nitrogens with zero attached hydrogens (tertiary/aromatic N) is 1. The van der Waals surface area contributed by atoms with E-state index in [0.717, 1.165) is 24.2 Å².